The maximum absolute atomic E-state index is 11.5. The number of aliphatic carboxylic acids is 1. The quantitative estimate of drug-likeness (QED) is 0.611. The third-order valence-corrected chi connectivity index (χ3v) is 2.92. The van der Waals surface area contributed by atoms with Gasteiger partial charge in [-0.1, -0.05) is 13.0 Å². The van der Waals surface area contributed by atoms with Crippen molar-refractivity contribution in [3.63, 3.8) is 0 Å². The van der Waals surface area contributed by atoms with Gasteiger partial charge in [0.05, 0.1) is 6.61 Å². The molecule has 0 saturated heterocycles. The van der Waals surface area contributed by atoms with Crippen LogP contribution in [0.25, 0.3) is 0 Å². The number of hydrogen-bond donors (Lipinski definition) is 1. The largest absolute Gasteiger partial charge is 0.481 e. The number of carboxylic acid groups (broad SMARTS) is 1. The van der Waals surface area contributed by atoms with E-state index in [1.165, 1.54) is 11.3 Å². The van der Waals surface area contributed by atoms with Gasteiger partial charge in [-0.3, -0.25) is 9.59 Å². The number of carboxylic acids is 1. The van der Waals surface area contributed by atoms with E-state index < -0.39 is 17.9 Å². The molecule has 1 atom stereocenters. The second-order valence-corrected chi connectivity index (χ2v) is 4.37. The Labute approximate surface area is 97.9 Å². The molecule has 1 rings (SSSR count). The molecule has 0 aliphatic heterocycles. The van der Waals surface area contributed by atoms with Crippen molar-refractivity contribution >= 4 is 23.3 Å². The van der Waals surface area contributed by atoms with Gasteiger partial charge in [-0.05, 0) is 17.9 Å². The lowest BCUT2D eigenvalue weighted by Gasteiger charge is -2.10. The molecule has 0 aliphatic rings. The van der Waals surface area contributed by atoms with E-state index >= 15 is 0 Å². The van der Waals surface area contributed by atoms with Crippen LogP contribution in [0.4, 0.5) is 0 Å². The van der Waals surface area contributed by atoms with Crippen LogP contribution < -0.4 is 0 Å². The van der Waals surface area contributed by atoms with Crippen LogP contribution in [0.5, 0.6) is 0 Å². The van der Waals surface area contributed by atoms with Gasteiger partial charge in [0.2, 0.25) is 0 Å². The van der Waals surface area contributed by atoms with Crippen LogP contribution in [0.1, 0.15) is 18.2 Å². The molecule has 1 heterocycles. The Morgan fingerprint density at radius 3 is 2.81 bits per heavy atom. The Kier molecular flexibility index (Phi) is 4.98. The molecule has 1 N–H and O–H groups in total. The molecule has 0 aromatic carbocycles. The van der Waals surface area contributed by atoms with Crippen LogP contribution in [0.3, 0.4) is 0 Å². The smallest absolute Gasteiger partial charge is 0.320 e. The minimum atomic E-state index is -1.13. The first-order chi connectivity index (χ1) is 7.65. The third kappa shape index (κ3) is 3.66. The highest BCUT2D eigenvalue weighted by atomic mass is 32.1. The van der Waals surface area contributed by atoms with Crippen molar-refractivity contribution < 1.29 is 19.4 Å². The van der Waals surface area contributed by atoms with E-state index in [0.29, 0.717) is 6.42 Å². The fourth-order valence-corrected chi connectivity index (χ4v) is 1.96. The summed E-state index contributed by atoms with van der Waals surface area (Å²) in [6.45, 7) is 2.13. The molecule has 1 unspecified atom stereocenters. The van der Waals surface area contributed by atoms with Gasteiger partial charge < -0.3 is 9.84 Å². The summed E-state index contributed by atoms with van der Waals surface area (Å²) in [6.07, 6.45) is 0.895. The van der Waals surface area contributed by atoms with Crippen LogP contribution in [-0.4, -0.2) is 23.7 Å². The summed E-state index contributed by atoms with van der Waals surface area (Å²) in [4.78, 5) is 23.3. The third-order valence-electron chi connectivity index (χ3n) is 2.02. The molecule has 0 bridgehead atoms. The second kappa shape index (κ2) is 6.27. The highest BCUT2D eigenvalue weighted by Gasteiger charge is 2.28. The zero-order chi connectivity index (χ0) is 12.0. The number of esters is 1. The molecular weight excluding hydrogens is 228 g/mol. The predicted octanol–water partition coefficient (Wildman–Crippen LogP) is 1.94. The zero-order valence-electron chi connectivity index (χ0n) is 9.01. The first kappa shape index (κ1) is 12.7. The molecule has 0 fully saturated rings. The van der Waals surface area contributed by atoms with Gasteiger partial charge in [0, 0.05) is 11.3 Å². The Morgan fingerprint density at radius 1 is 1.56 bits per heavy atom. The number of ether oxygens (including phenoxy) is 1. The molecule has 5 heteroatoms. The zero-order valence-corrected chi connectivity index (χ0v) is 9.83. The summed E-state index contributed by atoms with van der Waals surface area (Å²) in [7, 11) is 0. The number of hydrogen-bond acceptors (Lipinski definition) is 4. The van der Waals surface area contributed by atoms with Crippen molar-refractivity contribution in [3.05, 3.63) is 22.4 Å². The molecule has 16 heavy (non-hydrogen) atoms. The van der Waals surface area contributed by atoms with E-state index in [9.17, 15) is 9.59 Å². The average molecular weight is 242 g/mol. The molecule has 88 valence electrons. The fraction of sp³-hybridized carbons (Fsp3) is 0.455. The molecule has 1 aromatic rings. The van der Waals surface area contributed by atoms with Crippen molar-refractivity contribution in [3.8, 4) is 0 Å². The van der Waals surface area contributed by atoms with E-state index in [1.807, 2.05) is 24.4 Å². The summed E-state index contributed by atoms with van der Waals surface area (Å²) >= 11 is 1.44. The molecule has 0 aliphatic carbocycles. The minimum Gasteiger partial charge on any atom is -0.481 e. The summed E-state index contributed by atoms with van der Waals surface area (Å²) in [5.74, 6) is -2.87. The van der Waals surface area contributed by atoms with Gasteiger partial charge in [0.15, 0.2) is 5.92 Å². The lowest BCUT2D eigenvalue weighted by atomic mass is 10.1. The Morgan fingerprint density at radius 2 is 2.31 bits per heavy atom. The van der Waals surface area contributed by atoms with Gasteiger partial charge in [0.25, 0.3) is 0 Å². The Balaban J connectivity index is 2.60. The van der Waals surface area contributed by atoms with E-state index in [0.717, 1.165) is 4.88 Å². The first-order valence-electron chi connectivity index (χ1n) is 5.07. The van der Waals surface area contributed by atoms with Gasteiger partial charge in [-0.2, -0.15) is 0 Å². The molecule has 0 radical (unpaired) electrons. The normalized spacial score (nSPS) is 12.1. The summed E-state index contributed by atoms with van der Waals surface area (Å²) in [6, 6.07) is 3.64. The Bertz CT molecular complexity index is 345. The number of thiophene rings is 1. The summed E-state index contributed by atoms with van der Waals surface area (Å²) in [5.41, 5.74) is 0. The van der Waals surface area contributed by atoms with E-state index in [1.54, 1.807) is 0 Å². The summed E-state index contributed by atoms with van der Waals surface area (Å²) < 4.78 is 4.85. The minimum absolute atomic E-state index is 0.204. The molecule has 0 saturated carbocycles. The molecule has 0 spiro atoms. The monoisotopic (exact) mass is 242 g/mol. The van der Waals surface area contributed by atoms with Crippen molar-refractivity contribution in [2.45, 2.75) is 19.8 Å². The second-order valence-electron chi connectivity index (χ2n) is 3.34. The Hall–Kier alpha value is -1.36. The number of rotatable bonds is 6. The molecule has 0 amide bonds. The number of carbonyl (C=O) groups excluding carboxylic acids is 1. The predicted molar refractivity (Wildman–Crippen MR) is 60.4 cm³/mol. The molecule has 1 aromatic heterocycles. The van der Waals surface area contributed by atoms with E-state index in [4.69, 9.17) is 9.84 Å². The standard InChI is InChI=1S/C11H14O4S/c1-2-5-15-11(14)9(10(12)13)7-8-4-3-6-16-8/h3-4,6,9H,2,5,7H2,1H3,(H,12,13). The van der Waals surface area contributed by atoms with Crippen molar-refractivity contribution in [1.82, 2.24) is 0 Å². The fourth-order valence-electron chi connectivity index (χ4n) is 1.20. The first-order valence-corrected chi connectivity index (χ1v) is 5.95. The molecular formula is C11H14O4S. The van der Waals surface area contributed by atoms with Gasteiger partial charge in [-0.25, -0.2) is 0 Å². The van der Waals surface area contributed by atoms with Gasteiger partial charge in [0.1, 0.15) is 0 Å². The summed E-state index contributed by atoms with van der Waals surface area (Å²) in [5, 5.41) is 10.8. The average Bonchev–Trinajstić information content (AvgIpc) is 2.74. The highest BCUT2D eigenvalue weighted by molar-refractivity contribution is 7.09. The van der Waals surface area contributed by atoms with Crippen LogP contribution >= 0.6 is 11.3 Å². The van der Waals surface area contributed by atoms with E-state index in [2.05, 4.69) is 0 Å². The maximum atomic E-state index is 11.5. The van der Waals surface area contributed by atoms with Gasteiger partial charge in [-0.15, -0.1) is 11.3 Å². The lowest BCUT2D eigenvalue weighted by molar-refractivity contribution is -0.158. The SMILES string of the molecule is CCCOC(=O)C(Cc1cccs1)C(=O)O. The van der Waals surface area contributed by atoms with E-state index in [-0.39, 0.29) is 13.0 Å². The van der Waals surface area contributed by atoms with Crippen molar-refractivity contribution in [2.75, 3.05) is 6.61 Å². The van der Waals surface area contributed by atoms with Crippen LogP contribution in [0, 0.1) is 5.92 Å². The lowest BCUT2D eigenvalue weighted by Crippen LogP contribution is -2.27. The van der Waals surface area contributed by atoms with Crippen LogP contribution in [0.15, 0.2) is 17.5 Å². The van der Waals surface area contributed by atoms with Crippen molar-refractivity contribution in [2.24, 2.45) is 5.92 Å². The van der Waals surface area contributed by atoms with Crippen LogP contribution in [0.2, 0.25) is 0 Å². The molecule has 4 nitrogen and oxygen atoms in total. The van der Waals surface area contributed by atoms with Crippen molar-refractivity contribution in [1.29, 1.82) is 0 Å². The maximum Gasteiger partial charge on any atom is 0.320 e. The number of carbonyl (C=O) groups is 2. The van der Waals surface area contributed by atoms with Crippen LogP contribution in [-0.2, 0) is 20.7 Å². The van der Waals surface area contributed by atoms with Gasteiger partial charge >= 0.3 is 11.9 Å². The highest BCUT2D eigenvalue weighted by Crippen LogP contribution is 2.16. The topological polar surface area (TPSA) is 63.6 Å².